The lowest BCUT2D eigenvalue weighted by Crippen LogP contribution is -2.30. The summed E-state index contributed by atoms with van der Waals surface area (Å²) in [5, 5.41) is -0.148. The van der Waals surface area contributed by atoms with Crippen LogP contribution in [0.5, 0.6) is 0 Å². The molecule has 0 saturated heterocycles. The fraction of sp³-hybridized carbons (Fsp3) is 0.182. The Kier molecular flexibility index (Phi) is 2.65. The molecular formula is C11H6F4O2. The second kappa shape index (κ2) is 3.87. The number of para-hydroxylation sites is 1. The van der Waals surface area contributed by atoms with Gasteiger partial charge in [0.05, 0.1) is 5.39 Å². The van der Waals surface area contributed by atoms with Gasteiger partial charge in [0, 0.05) is 0 Å². The van der Waals surface area contributed by atoms with Gasteiger partial charge in [0.2, 0.25) is 5.43 Å². The molecule has 6 heteroatoms. The highest BCUT2D eigenvalue weighted by Gasteiger charge is 2.45. The zero-order valence-electron chi connectivity index (χ0n) is 8.29. The summed E-state index contributed by atoms with van der Waals surface area (Å²) in [5.41, 5.74) is -2.39. The molecule has 1 aromatic carbocycles. The molecule has 2 rings (SSSR count). The minimum absolute atomic E-state index is 0.0753. The molecule has 0 radical (unpaired) electrons. The van der Waals surface area contributed by atoms with E-state index in [1.54, 1.807) is 0 Å². The van der Waals surface area contributed by atoms with Crippen LogP contribution in [0.3, 0.4) is 0 Å². The number of hydrogen-bond donors (Lipinski definition) is 0. The van der Waals surface area contributed by atoms with Gasteiger partial charge in [-0.05, 0) is 12.1 Å². The quantitative estimate of drug-likeness (QED) is 0.762. The molecule has 90 valence electrons. The van der Waals surface area contributed by atoms with Crippen LogP contribution in [0, 0.1) is 0 Å². The number of benzene rings is 1. The molecule has 17 heavy (non-hydrogen) atoms. The highest BCUT2D eigenvalue weighted by Crippen LogP contribution is 2.33. The molecule has 2 nitrogen and oxygen atoms in total. The zero-order valence-corrected chi connectivity index (χ0v) is 8.29. The van der Waals surface area contributed by atoms with E-state index in [1.165, 1.54) is 24.3 Å². The molecule has 0 aliphatic carbocycles. The summed E-state index contributed by atoms with van der Waals surface area (Å²) in [6.07, 6.45) is -3.57. The van der Waals surface area contributed by atoms with E-state index in [2.05, 4.69) is 0 Å². The molecule has 0 amide bonds. The Bertz CT molecular complexity index is 604. The van der Waals surface area contributed by atoms with Crippen LogP contribution >= 0.6 is 0 Å². The third kappa shape index (κ3) is 1.79. The Hall–Kier alpha value is -1.85. The summed E-state index contributed by atoms with van der Waals surface area (Å²) >= 11 is 0. The normalized spacial score (nSPS) is 12.3. The van der Waals surface area contributed by atoms with Gasteiger partial charge in [0.1, 0.15) is 17.4 Å². The molecule has 0 atom stereocenters. The van der Waals surface area contributed by atoms with Gasteiger partial charge in [0.15, 0.2) is 0 Å². The Balaban J connectivity index is 2.73. The smallest absolute Gasteiger partial charge is 0.339 e. The van der Waals surface area contributed by atoms with Crippen LogP contribution in [0.15, 0.2) is 39.7 Å². The second-order valence-electron chi connectivity index (χ2n) is 3.40. The van der Waals surface area contributed by atoms with E-state index in [4.69, 9.17) is 4.42 Å². The highest BCUT2D eigenvalue weighted by molar-refractivity contribution is 5.76. The molecule has 0 fully saturated rings. The maximum absolute atomic E-state index is 13.1. The summed E-state index contributed by atoms with van der Waals surface area (Å²) in [5.74, 6) is -4.51. The predicted molar refractivity (Wildman–Crippen MR) is 52.4 cm³/mol. The first-order valence-electron chi connectivity index (χ1n) is 4.61. The van der Waals surface area contributed by atoms with E-state index in [0.29, 0.717) is 6.26 Å². The highest BCUT2D eigenvalue weighted by atomic mass is 19.3. The number of halogens is 4. The van der Waals surface area contributed by atoms with Gasteiger partial charge in [-0.15, -0.1) is 0 Å². The number of hydrogen-bond acceptors (Lipinski definition) is 2. The number of rotatable bonds is 2. The first kappa shape index (κ1) is 11.6. The molecule has 0 bridgehead atoms. The number of alkyl halides is 4. The molecule has 0 aliphatic heterocycles. The molecule has 0 saturated carbocycles. The predicted octanol–water partition coefficient (Wildman–Crippen LogP) is 3.15. The average Bonchev–Trinajstić information content (AvgIpc) is 2.29. The van der Waals surface area contributed by atoms with Gasteiger partial charge in [-0.2, -0.15) is 8.78 Å². The van der Waals surface area contributed by atoms with Crippen LogP contribution in [0.2, 0.25) is 0 Å². The Morgan fingerprint density at radius 2 is 1.82 bits per heavy atom. The lowest BCUT2D eigenvalue weighted by Gasteiger charge is -2.14. The lowest BCUT2D eigenvalue weighted by molar-refractivity contribution is -0.136. The maximum Gasteiger partial charge on any atom is 0.339 e. The topological polar surface area (TPSA) is 30.2 Å². The van der Waals surface area contributed by atoms with E-state index >= 15 is 0 Å². The average molecular weight is 246 g/mol. The van der Waals surface area contributed by atoms with Crippen LogP contribution in [-0.2, 0) is 5.92 Å². The first-order chi connectivity index (χ1) is 7.94. The molecule has 0 N–H and O–H groups in total. The fourth-order valence-electron chi connectivity index (χ4n) is 1.43. The van der Waals surface area contributed by atoms with E-state index in [-0.39, 0.29) is 11.0 Å². The van der Waals surface area contributed by atoms with Gasteiger partial charge < -0.3 is 4.42 Å². The maximum atomic E-state index is 13.1. The first-order valence-corrected chi connectivity index (χ1v) is 4.61. The van der Waals surface area contributed by atoms with Crippen LogP contribution in [0.4, 0.5) is 17.6 Å². The molecular weight excluding hydrogens is 240 g/mol. The summed E-state index contributed by atoms with van der Waals surface area (Å²) in [7, 11) is 0. The van der Waals surface area contributed by atoms with Crippen molar-refractivity contribution in [3.8, 4) is 0 Å². The minimum Gasteiger partial charge on any atom is -0.464 e. The van der Waals surface area contributed by atoms with Crippen LogP contribution < -0.4 is 5.43 Å². The molecule has 2 aromatic rings. The summed E-state index contributed by atoms with van der Waals surface area (Å²) < 4.78 is 55.2. The standard InChI is InChI=1S/C11H6F4O2/c12-10(13)11(14,15)7-5-17-8-4-2-1-3-6(8)9(7)16/h1-5,10H. The van der Waals surface area contributed by atoms with Gasteiger partial charge in [-0.25, -0.2) is 8.78 Å². The van der Waals surface area contributed by atoms with E-state index in [0.717, 1.165) is 0 Å². The molecule has 0 aliphatic rings. The van der Waals surface area contributed by atoms with Crippen molar-refractivity contribution in [1.82, 2.24) is 0 Å². The van der Waals surface area contributed by atoms with Crippen LogP contribution in [-0.4, -0.2) is 6.43 Å². The monoisotopic (exact) mass is 246 g/mol. The van der Waals surface area contributed by atoms with Crippen LogP contribution in [0.25, 0.3) is 11.0 Å². The zero-order chi connectivity index (χ0) is 12.6. The van der Waals surface area contributed by atoms with Crippen molar-refractivity contribution in [1.29, 1.82) is 0 Å². The van der Waals surface area contributed by atoms with Crippen LogP contribution in [0.1, 0.15) is 5.56 Å². The van der Waals surface area contributed by atoms with Crippen molar-refractivity contribution >= 4 is 11.0 Å². The third-order valence-electron chi connectivity index (χ3n) is 2.31. The molecule has 0 spiro atoms. The van der Waals surface area contributed by atoms with E-state index < -0.39 is 23.3 Å². The third-order valence-corrected chi connectivity index (χ3v) is 2.31. The fourth-order valence-corrected chi connectivity index (χ4v) is 1.43. The second-order valence-corrected chi connectivity index (χ2v) is 3.40. The lowest BCUT2D eigenvalue weighted by atomic mass is 10.1. The van der Waals surface area contributed by atoms with Crippen molar-refractivity contribution in [2.75, 3.05) is 0 Å². The van der Waals surface area contributed by atoms with Crippen molar-refractivity contribution < 1.29 is 22.0 Å². The van der Waals surface area contributed by atoms with Crippen molar-refractivity contribution in [3.05, 3.63) is 46.3 Å². The Morgan fingerprint density at radius 3 is 2.47 bits per heavy atom. The van der Waals surface area contributed by atoms with Crippen molar-refractivity contribution in [2.45, 2.75) is 12.3 Å². The molecule has 1 aromatic heterocycles. The summed E-state index contributed by atoms with van der Waals surface area (Å²) in [4.78, 5) is 11.6. The van der Waals surface area contributed by atoms with Gasteiger partial charge in [0.25, 0.3) is 0 Å². The van der Waals surface area contributed by atoms with Crippen molar-refractivity contribution in [2.24, 2.45) is 0 Å². The largest absolute Gasteiger partial charge is 0.464 e. The summed E-state index contributed by atoms with van der Waals surface area (Å²) in [6, 6.07) is 5.60. The van der Waals surface area contributed by atoms with E-state index in [9.17, 15) is 22.4 Å². The molecule has 1 heterocycles. The van der Waals surface area contributed by atoms with Gasteiger partial charge in [-0.1, -0.05) is 12.1 Å². The Morgan fingerprint density at radius 1 is 1.18 bits per heavy atom. The van der Waals surface area contributed by atoms with Gasteiger partial charge in [-0.3, -0.25) is 4.79 Å². The summed E-state index contributed by atoms with van der Waals surface area (Å²) in [6.45, 7) is 0. The SMILES string of the molecule is O=c1c(C(F)(F)C(F)F)coc2ccccc12. The van der Waals surface area contributed by atoms with Crippen molar-refractivity contribution in [3.63, 3.8) is 0 Å². The number of fused-ring (bicyclic) bond motifs is 1. The Labute approximate surface area is 92.5 Å². The van der Waals surface area contributed by atoms with E-state index in [1.807, 2.05) is 0 Å². The van der Waals surface area contributed by atoms with Gasteiger partial charge >= 0.3 is 12.3 Å². The minimum atomic E-state index is -4.51. The molecule has 0 unspecified atom stereocenters.